The van der Waals surface area contributed by atoms with Gasteiger partial charge in [0.1, 0.15) is 5.84 Å². The van der Waals surface area contributed by atoms with Crippen molar-refractivity contribution in [2.24, 2.45) is 4.99 Å². The summed E-state index contributed by atoms with van der Waals surface area (Å²) in [5.41, 5.74) is 8.56. The lowest BCUT2D eigenvalue weighted by atomic mass is 10.0. The second kappa shape index (κ2) is 6.72. The predicted molar refractivity (Wildman–Crippen MR) is 111 cm³/mol. The van der Waals surface area contributed by atoms with Crippen LogP contribution in [-0.2, 0) is 6.42 Å². The molecule has 0 amide bonds. The number of anilines is 2. The predicted octanol–water partition coefficient (Wildman–Crippen LogP) is 4.27. The zero-order valence-electron chi connectivity index (χ0n) is 14.9. The normalized spacial score (nSPS) is 15.0. The van der Waals surface area contributed by atoms with Gasteiger partial charge in [-0.3, -0.25) is 9.98 Å². The molecule has 2 aliphatic rings. The molecule has 0 bridgehead atoms. The number of rotatable bonds is 4. The minimum atomic E-state index is 0.870. The van der Waals surface area contributed by atoms with Crippen LogP contribution in [-0.4, -0.2) is 23.9 Å². The summed E-state index contributed by atoms with van der Waals surface area (Å²) in [6, 6.07) is 19.2. The van der Waals surface area contributed by atoms with Crippen molar-refractivity contribution in [3.63, 3.8) is 0 Å². The van der Waals surface area contributed by atoms with E-state index in [0.29, 0.717) is 0 Å². The molecule has 3 aromatic rings. The topological polar surface area (TPSA) is 49.3 Å². The van der Waals surface area contributed by atoms with Gasteiger partial charge in [0.15, 0.2) is 0 Å². The van der Waals surface area contributed by atoms with E-state index in [-0.39, 0.29) is 0 Å². The molecule has 2 aromatic carbocycles. The van der Waals surface area contributed by atoms with E-state index in [1.54, 1.807) is 6.20 Å². The van der Waals surface area contributed by atoms with Crippen LogP contribution >= 0.6 is 0 Å². The average Bonchev–Trinajstić information content (AvgIpc) is 3.39. The van der Waals surface area contributed by atoms with Gasteiger partial charge < -0.3 is 10.6 Å². The number of hydrogen-bond donors (Lipinski definition) is 2. The van der Waals surface area contributed by atoms with Crippen molar-refractivity contribution in [1.82, 2.24) is 10.3 Å². The molecule has 1 aromatic heterocycles. The van der Waals surface area contributed by atoms with E-state index in [2.05, 4.69) is 69.2 Å². The summed E-state index contributed by atoms with van der Waals surface area (Å²) < 4.78 is 0. The van der Waals surface area contributed by atoms with Crippen molar-refractivity contribution >= 4 is 28.9 Å². The highest BCUT2D eigenvalue weighted by Gasteiger charge is 2.16. The first-order valence-electron chi connectivity index (χ1n) is 9.25. The Morgan fingerprint density at radius 1 is 0.926 bits per heavy atom. The van der Waals surface area contributed by atoms with Crippen LogP contribution in [0.4, 0.5) is 11.4 Å². The van der Waals surface area contributed by atoms with Crippen LogP contribution in [0, 0.1) is 0 Å². The number of amidine groups is 1. The number of aliphatic imine (C=N–C) groups is 1. The minimum absolute atomic E-state index is 0.870. The van der Waals surface area contributed by atoms with Crippen molar-refractivity contribution in [2.45, 2.75) is 6.42 Å². The van der Waals surface area contributed by atoms with Gasteiger partial charge in [0.2, 0.25) is 0 Å². The highest BCUT2D eigenvalue weighted by molar-refractivity contribution is 6.01. The minimum Gasteiger partial charge on any atom is -0.368 e. The summed E-state index contributed by atoms with van der Waals surface area (Å²) in [5.74, 6) is 1.03. The second-order valence-corrected chi connectivity index (χ2v) is 6.86. The summed E-state index contributed by atoms with van der Waals surface area (Å²) in [4.78, 5) is 8.67. The van der Waals surface area contributed by atoms with Crippen LogP contribution in [0.2, 0.25) is 0 Å². The Bertz CT molecular complexity index is 1030. The lowest BCUT2D eigenvalue weighted by Crippen LogP contribution is -2.19. The number of nitrogens with zero attached hydrogens (tertiary/aromatic N) is 2. The maximum atomic E-state index is 4.53. The first-order chi connectivity index (χ1) is 13.3. The molecule has 0 atom stereocenters. The first kappa shape index (κ1) is 15.8. The fourth-order valence-electron chi connectivity index (χ4n) is 3.64. The van der Waals surface area contributed by atoms with E-state index in [9.17, 15) is 0 Å². The summed E-state index contributed by atoms with van der Waals surface area (Å²) in [6.45, 7) is 1.81. The Morgan fingerprint density at radius 3 is 2.59 bits per heavy atom. The van der Waals surface area contributed by atoms with E-state index in [1.165, 1.54) is 27.8 Å². The van der Waals surface area contributed by atoms with E-state index in [0.717, 1.165) is 36.7 Å². The van der Waals surface area contributed by atoms with Crippen LogP contribution in [0.15, 0.2) is 72.0 Å². The Balaban J connectivity index is 1.33. The fraction of sp³-hybridized carbons (Fsp3) is 0.130. The van der Waals surface area contributed by atoms with Gasteiger partial charge in [0.25, 0.3) is 0 Å². The summed E-state index contributed by atoms with van der Waals surface area (Å²) >= 11 is 0. The molecule has 0 unspecified atom stereocenters. The molecular weight excluding hydrogens is 332 g/mol. The van der Waals surface area contributed by atoms with E-state index in [1.807, 2.05) is 18.3 Å². The molecule has 0 fully saturated rings. The highest BCUT2D eigenvalue weighted by Crippen LogP contribution is 2.33. The molecule has 5 rings (SSSR count). The van der Waals surface area contributed by atoms with Gasteiger partial charge in [-0.05, 0) is 59.0 Å². The van der Waals surface area contributed by atoms with Crippen molar-refractivity contribution in [3.8, 4) is 0 Å². The molecule has 2 heterocycles. The van der Waals surface area contributed by atoms with E-state index >= 15 is 0 Å². The van der Waals surface area contributed by atoms with Crippen LogP contribution in [0.25, 0.3) is 11.6 Å². The lowest BCUT2D eigenvalue weighted by molar-refractivity contribution is 0.960. The molecule has 0 spiro atoms. The maximum absolute atomic E-state index is 4.53. The zero-order chi connectivity index (χ0) is 18.1. The van der Waals surface area contributed by atoms with Crippen LogP contribution in [0.3, 0.4) is 0 Å². The van der Waals surface area contributed by atoms with Gasteiger partial charge in [-0.1, -0.05) is 30.3 Å². The Kier molecular flexibility index (Phi) is 3.94. The van der Waals surface area contributed by atoms with Crippen molar-refractivity contribution in [3.05, 3.63) is 89.2 Å². The number of fused-ring (bicyclic) bond motifs is 1. The SMILES string of the molecule is C1=C(c2ccc(Nc3cccnc3)cc2)Cc2cc(C3=NCCN3)ccc21. The Labute approximate surface area is 158 Å². The van der Waals surface area contributed by atoms with Crippen molar-refractivity contribution < 1.29 is 0 Å². The molecule has 1 aliphatic heterocycles. The molecular formula is C23H20N4. The summed E-state index contributed by atoms with van der Waals surface area (Å²) in [7, 11) is 0. The standard InChI is InChI=1S/C23H20N4/c1-2-22(15-24-9-1)27-21-7-5-16(6-8-21)19-12-17-3-4-18(13-20(17)14-19)23-25-10-11-26-23/h1-9,12-13,15,27H,10-11,14H2,(H,25,26). The maximum Gasteiger partial charge on any atom is 0.128 e. The molecule has 0 saturated carbocycles. The fourth-order valence-corrected chi connectivity index (χ4v) is 3.64. The molecule has 0 saturated heterocycles. The molecule has 27 heavy (non-hydrogen) atoms. The van der Waals surface area contributed by atoms with Gasteiger partial charge in [0.05, 0.1) is 18.4 Å². The largest absolute Gasteiger partial charge is 0.368 e. The van der Waals surface area contributed by atoms with E-state index < -0.39 is 0 Å². The van der Waals surface area contributed by atoms with Crippen molar-refractivity contribution in [2.75, 3.05) is 18.4 Å². The number of pyridine rings is 1. The van der Waals surface area contributed by atoms with Gasteiger partial charge >= 0.3 is 0 Å². The average molecular weight is 352 g/mol. The first-order valence-corrected chi connectivity index (χ1v) is 9.25. The Hall–Kier alpha value is -3.40. The van der Waals surface area contributed by atoms with Crippen LogP contribution in [0.1, 0.15) is 22.3 Å². The molecule has 4 heteroatoms. The van der Waals surface area contributed by atoms with Gasteiger partial charge in [-0.15, -0.1) is 0 Å². The lowest BCUT2D eigenvalue weighted by Gasteiger charge is -2.08. The molecule has 4 nitrogen and oxygen atoms in total. The molecule has 0 radical (unpaired) electrons. The summed E-state index contributed by atoms with van der Waals surface area (Å²) in [6.07, 6.45) is 6.86. The quantitative estimate of drug-likeness (QED) is 0.737. The monoisotopic (exact) mass is 352 g/mol. The third-order valence-corrected chi connectivity index (χ3v) is 5.01. The second-order valence-electron chi connectivity index (χ2n) is 6.86. The third kappa shape index (κ3) is 3.22. The van der Waals surface area contributed by atoms with Gasteiger partial charge in [0, 0.05) is 24.0 Å². The number of aromatic nitrogens is 1. The van der Waals surface area contributed by atoms with Crippen LogP contribution in [0.5, 0.6) is 0 Å². The van der Waals surface area contributed by atoms with Crippen molar-refractivity contribution in [1.29, 1.82) is 0 Å². The summed E-state index contributed by atoms with van der Waals surface area (Å²) in [5, 5.41) is 6.73. The van der Waals surface area contributed by atoms with Gasteiger partial charge in [-0.2, -0.15) is 0 Å². The number of benzene rings is 2. The third-order valence-electron chi connectivity index (χ3n) is 5.01. The number of nitrogens with one attached hydrogen (secondary N) is 2. The number of allylic oxidation sites excluding steroid dienone is 1. The molecule has 132 valence electrons. The molecule has 2 N–H and O–H groups in total. The van der Waals surface area contributed by atoms with Gasteiger partial charge in [-0.25, -0.2) is 0 Å². The smallest absolute Gasteiger partial charge is 0.128 e. The number of hydrogen-bond acceptors (Lipinski definition) is 4. The highest BCUT2D eigenvalue weighted by atomic mass is 15.1. The zero-order valence-corrected chi connectivity index (χ0v) is 14.9. The van der Waals surface area contributed by atoms with E-state index in [4.69, 9.17) is 0 Å². The molecule has 1 aliphatic carbocycles. The van der Waals surface area contributed by atoms with Crippen LogP contribution < -0.4 is 10.6 Å². The Morgan fingerprint density at radius 2 is 1.81 bits per heavy atom.